The number of aromatic nitrogens is 3. The van der Waals surface area contributed by atoms with Crippen LogP contribution in [0.25, 0.3) is 0 Å². The highest BCUT2D eigenvalue weighted by Crippen LogP contribution is 2.17. The van der Waals surface area contributed by atoms with Crippen molar-refractivity contribution in [2.45, 2.75) is 18.6 Å². The van der Waals surface area contributed by atoms with Gasteiger partial charge in [-0.15, -0.1) is 0 Å². The molecule has 2 heterocycles. The van der Waals surface area contributed by atoms with E-state index in [-0.39, 0.29) is 6.10 Å². The standard InChI is InChI=1S/C9H15N3O2S/c1-12-9(10-6-11-12)4-7(13)8-5-15-3-2-14-8/h6-8,13H,2-5H2,1H3. The molecule has 1 saturated heterocycles. The Morgan fingerprint density at radius 1 is 1.80 bits per heavy atom. The second-order valence-electron chi connectivity index (χ2n) is 3.56. The van der Waals surface area contributed by atoms with E-state index < -0.39 is 6.10 Å². The molecule has 2 rings (SSSR count). The fourth-order valence-electron chi connectivity index (χ4n) is 1.55. The molecule has 0 amide bonds. The lowest BCUT2D eigenvalue weighted by atomic mass is 10.1. The Hall–Kier alpha value is -0.590. The number of aliphatic hydroxyl groups excluding tert-OH is 1. The smallest absolute Gasteiger partial charge is 0.138 e. The Bertz CT molecular complexity index is 312. The van der Waals surface area contributed by atoms with Crippen molar-refractivity contribution in [3.63, 3.8) is 0 Å². The maximum atomic E-state index is 9.95. The van der Waals surface area contributed by atoms with Gasteiger partial charge in [0.2, 0.25) is 0 Å². The number of ether oxygens (including phenoxy) is 1. The first-order valence-corrected chi connectivity index (χ1v) is 6.13. The summed E-state index contributed by atoms with van der Waals surface area (Å²) in [5.74, 6) is 2.67. The van der Waals surface area contributed by atoms with E-state index in [9.17, 15) is 5.11 Å². The van der Waals surface area contributed by atoms with Crippen molar-refractivity contribution < 1.29 is 9.84 Å². The van der Waals surface area contributed by atoms with Crippen LogP contribution >= 0.6 is 11.8 Å². The SMILES string of the molecule is Cn1ncnc1CC(O)C1CSCCO1. The number of rotatable bonds is 3. The van der Waals surface area contributed by atoms with Crippen LogP contribution in [0.15, 0.2) is 6.33 Å². The van der Waals surface area contributed by atoms with Gasteiger partial charge in [-0.05, 0) is 0 Å². The molecular formula is C9H15N3O2S. The normalized spacial score (nSPS) is 24.0. The molecule has 15 heavy (non-hydrogen) atoms. The number of hydrogen-bond donors (Lipinski definition) is 1. The maximum Gasteiger partial charge on any atom is 0.138 e. The van der Waals surface area contributed by atoms with Crippen LogP contribution in [-0.4, -0.2) is 50.2 Å². The lowest BCUT2D eigenvalue weighted by molar-refractivity contribution is -0.0218. The summed E-state index contributed by atoms with van der Waals surface area (Å²) in [5.41, 5.74) is 0. The zero-order valence-corrected chi connectivity index (χ0v) is 9.48. The van der Waals surface area contributed by atoms with Crippen LogP contribution < -0.4 is 0 Å². The molecule has 0 aliphatic carbocycles. The van der Waals surface area contributed by atoms with Crippen molar-refractivity contribution in [2.75, 3.05) is 18.1 Å². The molecule has 1 N–H and O–H groups in total. The first-order valence-electron chi connectivity index (χ1n) is 4.97. The van der Waals surface area contributed by atoms with Crippen molar-refractivity contribution in [2.24, 2.45) is 7.05 Å². The molecule has 0 aromatic carbocycles. The van der Waals surface area contributed by atoms with Crippen LogP contribution in [0.5, 0.6) is 0 Å². The fraction of sp³-hybridized carbons (Fsp3) is 0.778. The van der Waals surface area contributed by atoms with Gasteiger partial charge in [0.15, 0.2) is 0 Å². The Kier molecular flexibility index (Phi) is 3.61. The minimum atomic E-state index is -0.485. The van der Waals surface area contributed by atoms with Gasteiger partial charge in [0.05, 0.1) is 18.8 Å². The third-order valence-electron chi connectivity index (χ3n) is 2.47. The van der Waals surface area contributed by atoms with Gasteiger partial charge in [-0.25, -0.2) is 4.98 Å². The van der Waals surface area contributed by atoms with E-state index in [1.165, 1.54) is 6.33 Å². The largest absolute Gasteiger partial charge is 0.390 e. The summed E-state index contributed by atoms with van der Waals surface area (Å²) in [4.78, 5) is 4.08. The Labute approximate surface area is 92.8 Å². The molecule has 1 aromatic rings. The van der Waals surface area contributed by atoms with E-state index in [0.29, 0.717) is 6.42 Å². The van der Waals surface area contributed by atoms with Gasteiger partial charge in [0.25, 0.3) is 0 Å². The second-order valence-corrected chi connectivity index (χ2v) is 4.71. The van der Waals surface area contributed by atoms with Gasteiger partial charge >= 0.3 is 0 Å². The highest BCUT2D eigenvalue weighted by molar-refractivity contribution is 7.99. The summed E-state index contributed by atoms with van der Waals surface area (Å²) in [7, 11) is 1.82. The molecule has 1 aliphatic heterocycles. The quantitative estimate of drug-likeness (QED) is 0.781. The minimum absolute atomic E-state index is 0.0690. The van der Waals surface area contributed by atoms with E-state index in [1.807, 2.05) is 18.8 Å². The van der Waals surface area contributed by atoms with Crippen molar-refractivity contribution in [3.8, 4) is 0 Å². The average Bonchev–Trinajstić information content (AvgIpc) is 2.66. The van der Waals surface area contributed by atoms with Crippen LogP contribution in [0, 0.1) is 0 Å². The molecule has 0 saturated carbocycles. The third kappa shape index (κ3) is 2.70. The summed E-state index contributed by atoms with van der Waals surface area (Å²) in [5, 5.41) is 13.9. The maximum absolute atomic E-state index is 9.95. The Balaban J connectivity index is 1.91. The van der Waals surface area contributed by atoms with Crippen LogP contribution in [0.4, 0.5) is 0 Å². The van der Waals surface area contributed by atoms with Gasteiger partial charge in [-0.1, -0.05) is 0 Å². The minimum Gasteiger partial charge on any atom is -0.390 e. The highest BCUT2D eigenvalue weighted by atomic mass is 32.2. The fourth-order valence-corrected chi connectivity index (χ4v) is 2.48. The lowest BCUT2D eigenvalue weighted by Crippen LogP contribution is -2.37. The van der Waals surface area contributed by atoms with Gasteiger partial charge in [-0.3, -0.25) is 4.68 Å². The Morgan fingerprint density at radius 3 is 3.27 bits per heavy atom. The molecule has 2 unspecified atom stereocenters. The number of aryl methyl sites for hydroxylation is 1. The Morgan fingerprint density at radius 2 is 2.67 bits per heavy atom. The number of nitrogens with zero attached hydrogens (tertiary/aromatic N) is 3. The number of aliphatic hydroxyl groups is 1. The topological polar surface area (TPSA) is 60.2 Å². The molecular weight excluding hydrogens is 214 g/mol. The molecule has 5 nitrogen and oxygen atoms in total. The van der Waals surface area contributed by atoms with Gasteiger partial charge in [0, 0.05) is 25.0 Å². The van der Waals surface area contributed by atoms with Crippen LogP contribution in [0.3, 0.4) is 0 Å². The van der Waals surface area contributed by atoms with Gasteiger partial charge < -0.3 is 9.84 Å². The first-order chi connectivity index (χ1) is 7.27. The summed E-state index contributed by atoms with van der Waals surface area (Å²) in [6.45, 7) is 0.727. The van der Waals surface area contributed by atoms with Crippen LogP contribution in [-0.2, 0) is 18.2 Å². The lowest BCUT2D eigenvalue weighted by Gasteiger charge is -2.26. The molecule has 0 radical (unpaired) electrons. The van der Waals surface area contributed by atoms with Crippen molar-refractivity contribution in [3.05, 3.63) is 12.2 Å². The van der Waals surface area contributed by atoms with E-state index >= 15 is 0 Å². The summed E-state index contributed by atoms with van der Waals surface area (Å²) in [6, 6.07) is 0. The monoisotopic (exact) mass is 229 g/mol. The summed E-state index contributed by atoms with van der Waals surface area (Å²) < 4.78 is 7.18. The molecule has 84 valence electrons. The summed E-state index contributed by atoms with van der Waals surface area (Å²) >= 11 is 1.82. The predicted molar refractivity (Wildman–Crippen MR) is 57.8 cm³/mol. The van der Waals surface area contributed by atoms with Crippen molar-refractivity contribution in [1.82, 2.24) is 14.8 Å². The van der Waals surface area contributed by atoms with E-state index in [4.69, 9.17) is 4.74 Å². The molecule has 0 bridgehead atoms. The summed E-state index contributed by atoms with van der Waals surface area (Å²) in [6.07, 6.45) is 1.45. The molecule has 1 aromatic heterocycles. The van der Waals surface area contributed by atoms with E-state index in [0.717, 1.165) is 23.9 Å². The van der Waals surface area contributed by atoms with Crippen molar-refractivity contribution >= 4 is 11.8 Å². The van der Waals surface area contributed by atoms with Crippen LogP contribution in [0.2, 0.25) is 0 Å². The molecule has 6 heteroatoms. The van der Waals surface area contributed by atoms with Crippen LogP contribution in [0.1, 0.15) is 5.82 Å². The number of thioether (sulfide) groups is 1. The zero-order chi connectivity index (χ0) is 10.7. The molecule has 0 spiro atoms. The first kappa shape index (κ1) is 10.9. The van der Waals surface area contributed by atoms with Gasteiger partial charge in [-0.2, -0.15) is 16.9 Å². The van der Waals surface area contributed by atoms with E-state index in [2.05, 4.69) is 10.1 Å². The molecule has 1 aliphatic rings. The van der Waals surface area contributed by atoms with Crippen molar-refractivity contribution in [1.29, 1.82) is 0 Å². The average molecular weight is 229 g/mol. The van der Waals surface area contributed by atoms with Gasteiger partial charge in [0.1, 0.15) is 12.2 Å². The molecule has 2 atom stereocenters. The molecule has 1 fully saturated rings. The number of hydrogen-bond acceptors (Lipinski definition) is 5. The predicted octanol–water partition coefficient (Wildman–Crippen LogP) is -0.150. The third-order valence-corrected chi connectivity index (χ3v) is 3.49. The van der Waals surface area contributed by atoms with E-state index in [1.54, 1.807) is 4.68 Å². The highest BCUT2D eigenvalue weighted by Gasteiger charge is 2.24. The zero-order valence-electron chi connectivity index (χ0n) is 8.67. The second kappa shape index (κ2) is 4.96.